The number of carbonyl (C=O) groups excluding carboxylic acids is 2. The Morgan fingerprint density at radius 2 is 1.81 bits per heavy atom. The van der Waals surface area contributed by atoms with E-state index in [1.807, 2.05) is 0 Å². The molecule has 0 radical (unpaired) electrons. The molecule has 0 amide bonds. The molecule has 0 spiro atoms. The fourth-order valence-electron chi connectivity index (χ4n) is 2.64. The highest BCUT2D eigenvalue weighted by molar-refractivity contribution is 5.97. The second kappa shape index (κ2) is 8.29. The number of phenolic OH excluding ortho intramolecular Hbond substituents is 1. The van der Waals surface area contributed by atoms with Crippen LogP contribution in [-0.4, -0.2) is 45.4 Å². The Kier molecular flexibility index (Phi) is 6.34. The molecule has 0 aromatic heterocycles. The van der Waals surface area contributed by atoms with Crippen LogP contribution >= 0.6 is 0 Å². The fraction of sp³-hybridized carbons (Fsp3) is 0.400. The molecule has 0 aliphatic carbocycles. The standard InChI is InChI=1S/C20H24O6/c1-11-9-14-5-4-6-15(21)19(24)16(22)8-7-12(2)13(3)26-20(25)18(14)17(23)10-11/h4-5,7-10,12-13,15,19,21,23-24H,6H2,1-3H3/b5-4+,8-7-/t12-,13?,15?,19?/m1/s1. The van der Waals surface area contributed by atoms with E-state index in [4.69, 9.17) is 4.74 Å². The van der Waals surface area contributed by atoms with Gasteiger partial charge in [-0.3, -0.25) is 4.79 Å². The van der Waals surface area contributed by atoms with Crippen molar-refractivity contribution in [1.82, 2.24) is 0 Å². The monoisotopic (exact) mass is 360 g/mol. The molecule has 4 atom stereocenters. The molecule has 0 bridgehead atoms. The van der Waals surface area contributed by atoms with Gasteiger partial charge in [0.25, 0.3) is 0 Å². The van der Waals surface area contributed by atoms with Crippen LogP contribution in [-0.2, 0) is 9.53 Å². The summed E-state index contributed by atoms with van der Waals surface area (Å²) in [6, 6.07) is 3.18. The molecule has 140 valence electrons. The molecular formula is C20H24O6. The predicted octanol–water partition coefficient (Wildman–Crippen LogP) is 2.15. The summed E-state index contributed by atoms with van der Waals surface area (Å²) >= 11 is 0. The Labute approximate surface area is 152 Å². The van der Waals surface area contributed by atoms with E-state index in [-0.39, 0.29) is 23.7 Å². The van der Waals surface area contributed by atoms with Crippen LogP contribution in [0, 0.1) is 12.8 Å². The summed E-state index contributed by atoms with van der Waals surface area (Å²) in [5.74, 6) is -1.77. The van der Waals surface area contributed by atoms with Gasteiger partial charge in [-0.05, 0) is 43.5 Å². The number of aliphatic hydroxyl groups excluding tert-OH is 2. The van der Waals surface area contributed by atoms with Gasteiger partial charge in [0.05, 0.1) is 6.10 Å². The minimum Gasteiger partial charge on any atom is -0.507 e. The van der Waals surface area contributed by atoms with Gasteiger partial charge in [-0.1, -0.05) is 31.2 Å². The maximum atomic E-state index is 12.5. The topological polar surface area (TPSA) is 104 Å². The van der Waals surface area contributed by atoms with Crippen molar-refractivity contribution in [3.05, 3.63) is 47.1 Å². The maximum Gasteiger partial charge on any atom is 0.342 e. The summed E-state index contributed by atoms with van der Waals surface area (Å²) in [4.78, 5) is 24.5. The van der Waals surface area contributed by atoms with Crippen molar-refractivity contribution in [1.29, 1.82) is 0 Å². The van der Waals surface area contributed by atoms with E-state index in [2.05, 4.69) is 0 Å². The number of benzene rings is 1. The predicted molar refractivity (Wildman–Crippen MR) is 96.7 cm³/mol. The van der Waals surface area contributed by atoms with Crippen LogP contribution in [0.1, 0.15) is 41.8 Å². The molecule has 3 N–H and O–H groups in total. The fourth-order valence-corrected chi connectivity index (χ4v) is 2.64. The minimum absolute atomic E-state index is 0.00982. The zero-order valence-corrected chi connectivity index (χ0v) is 15.0. The number of carbonyl (C=O) groups is 2. The van der Waals surface area contributed by atoms with Crippen LogP contribution < -0.4 is 0 Å². The number of ketones is 1. The summed E-state index contributed by atoms with van der Waals surface area (Å²) < 4.78 is 5.43. The zero-order chi connectivity index (χ0) is 19.4. The lowest BCUT2D eigenvalue weighted by Gasteiger charge is -2.20. The molecule has 2 rings (SSSR count). The first-order valence-electron chi connectivity index (χ1n) is 8.50. The van der Waals surface area contributed by atoms with Gasteiger partial charge in [0, 0.05) is 5.92 Å². The number of cyclic esters (lactones) is 1. The third-order valence-corrected chi connectivity index (χ3v) is 4.42. The van der Waals surface area contributed by atoms with Crippen LogP contribution in [0.3, 0.4) is 0 Å². The molecule has 6 nitrogen and oxygen atoms in total. The molecular weight excluding hydrogens is 336 g/mol. The van der Waals surface area contributed by atoms with Gasteiger partial charge in [-0.2, -0.15) is 0 Å². The quantitative estimate of drug-likeness (QED) is 0.613. The van der Waals surface area contributed by atoms with Crippen LogP contribution in [0.2, 0.25) is 0 Å². The van der Waals surface area contributed by atoms with Gasteiger partial charge in [0.2, 0.25) is 0 Å². The number of aromatic hydroxyl groups is 1. The molecule has 1 aliphatic rings. The highest BCUT2D eigenvalue weighted by Gasteiger charge is 2.24. The molecule has 3 unspecified atom stereocenters. The van der Waals surface area contributed by atoms with Gasteiger partial charge in [-0.15, -0.1) is 0 Å². The molecule has 0 fully saturated rings. The Morgan fingerprint density at radius 1 is 1.12 bits per heavy atom. The molecule has 0 saturated heterocycles. The van der Waals surface area contributed by atoms with Gasteiger partial charge < -0.3 is 20.1 Å². The van der Waals surface area contributed by atoms with Crippen molar-refractivity contribution in [2.45, 2.75) is 45.5 Å². The van der Waals surface area contributed by atoms with Gasteiger partial charge in [0.15, 0.2) is 5.78 Å². The van der Waals surface area contributed by atoms with E-state index >= 15 is 0 Å². The highest BCUT2D eigenvalue weighted by Crippen LogP contribution is 2.27. The molecule has 26 heavy (non-hydrogen) atoms. The summed E-state index contributed by atoms with van der Waals surface area (Å²) in [7, 11) is 0. The van der Waals surface area contributed by atoms with Crippen molar-refractivity contribution in [2.75, 3.05) is 0 Å². The molecule has 1 heterocycles. The van der Waals surface area contributed by atoms with Gasteiger partial charge in [0.1, 0.15) is 23.5 Å². The van der Waals surface area contributed by atoms with Crippen LogP contribution in [0.4, 0.5) is 0 Å². The minimum atomic E-state index is -1.53. The maximum absolute atomic E-state index is 12.5. The average molecular weight is 360 g/mol. The third-order valence-electron chi connectivity index (χ3n) is 4.42. The average Bonchev–Trinajstić information content (AvgIpc) is 2.56. The van der Waals surface area contributed by atoms with Crippen molar-refractivity contribution < 1.29 is 29.6 Å². The van der Waals surface area contributed by atoms with Gasteiger partial charge >= 0.3 is 5.97 Å². The number of ether oxygens (including phenoxy) is 1. The smallest absolute Gasteiger partial charge is 0.342 e. The van der Waals surface area contributed by atoms with E-state index in [9.17, 15) is 24.9 Å². The largest absolute Gasteiger partial charge is 0.507 e. The zero-order valence-electron chi connectivity index (χ0n) is 15.0. The SMILES string of the molecule is Cc1cc(O)c2c(c1)/C=C/CC(O)C(O)C(=O)/C=C\[C@@H](C)C(C)OC2=O. The van der Waals surface area contributed by atoms with Crippen molar-refractivity contribution in [3.8, 4) is 5.75 Å². The number of aliphatic hydroxyl groups is 2. The van der Waals surface area contributed by atoms with Crippen LogP contribution in [0.25, 0.3) is 6.08 Å². The van der Waals surface area contributed by atoms with Crippen molar-refractivity contribution >= 4 is 17.8 Å². The van der Waals surface area contributed by atoms with Crippen molar-refractivity contribution in [3.63, 3.8) is 0 Å². The first kappa shape index (κ1) is 19.9. The molecule has 1 aromatic rings. The van der Waals surface area contributed by atoms with E-state index in [1.165, 1.54) is 24.3 Å². The summed E-state index contributed by atoms with van der Waals surface area (Å²) in [6.45, 7) is 5.21. The number of fused-ring (bicyclic) bond motifs is 1. The summed E-state index contributed by atoms with van der Waals surface area (Å²) in [6.07, 6.45) is 2.44. The number of phenols is 1. The Balaban J connectivity index is 2.48. The number of hydrogen-bond donors (Lipinski definition) is 3. The van der Waals surface area contributed by atoms with E-state index in [0.717, 1.165) is 5.56 Å². The lowest BCUT2D eigenvalue weighted by molar-refractivity contribution is -0.127. The first-order valence-corrected chi connectivity index (χ1v) is 8.50. The molecule has 1 aromatic carbocycles. The Bertz CT molecular complexity index is 749. The van der Waals surface area contributed by atoms with Crippen molar-refractivity contribution in [2.24, 2.45) is 5.92 Å². The summed E-state index contributed by atoms with van der Waals surface area (Å²) in [5.41, 5.74) is 1.23. The van der Waals surface area contributed by atoms with E-state index < -0.39 is 30.1 Å². The molecule has 0 saturated carbocycles. The number of esters is 1. The first-order chi connectivity index (χ1) is 12.2. The Morgan fingerprint density at radius 3 is 2.50 bits per heavy atom. The normalized spacial score (nSPS) is 30.0. The number of rotatable bonds is 0. The molecule has 6 heteroatoms. The van der Waals surface area contributed by atoms with Crippen LogP contribution in [0.5, 0.6) is 5.75 Å². The van der Waals surface area contributed by atoms with E-state index in [0.29, 0.717) is 5.56 Å². The Hall–Kier alpha value is -2.44. The second-order valence-corrected chi connectivity index (χ2v) is 6.63. The number of hydrogen-bond acceptors (Lipinski definition) is 6. The lowest BCUT2D eigenvalue weighted by Crippen LogP contribution is -2.32. The number of aryl methyl sites for hydroxylation is 1. The van der Waals surface area contributed by atoms with Gasteiger partial charge in [-0.25, -0.2) is 4.79 Å². The third kappa shape index (κ3) is 4.59. The summed E-state index contributed by atoms with van der Waals surface area (Å²) in [5, 5.41) is 30.1. The highest BCUT2D eigenvalue weighted by atomic mass is 16.5. The lowest BCUT2D eigenvalue weighted by atomic mass is 9.99. The second-order valence-electron chi connectivity index (χ2n) is 6.63. The molecule has 1 aliphatic heterocycles. The van der Waals surface area contributed by atoms with Crippen LogP contribution in [0.15, 0.2) is 30.4 Å². The van der Waals surface area contributed by atoms with E-state index in [1.54, 1.807) is 32.9 Å².